The van der Waals surface area contributed by atoms with E-state index in [2.05, 4.69) is 15.9 Å². The molecule has 16 heavy (non-hydrogen) atoms. The number of carbonyl (C=O) groups is 1. The standard InChI is InChI=1S/C12H16BrNO2/c1-2-16-12(15)8-11(14)7-9-4-3-5-10(13)6-9/h3-6,11H,2,7-8,14H2,1H3/t11-/m1/s1. The second-order valence-corrected chi connectivity index (χ2v) is 4.52. The number of halogens is 1. The van der Waals surface area contributed by atoms with Gasteiger partial charge in [-0.2, -0.15) is 0 Å². The van der Waals surface area contributed by atoms with Gasteiger partial charge in [0.1, 0.15) is 0 Å². The summed E-state index contributed by atoms with van der Waals surface area (Å²) in [7, 11) is 0. The molecular weight excluding hydrogens is 270 g/mol. The number of rotatable bonds is 5. The van der Waals surface area contributed by atoms with Gasteiger partial charge in [0.15, 0.2) is 0 Å². The van der Waals surface area contributed by atoms with Gasteiger partial charge in [-0.05, 0) is 31.0 Å². The van der Waals surface area contributed by atoms with E-state index in [1.165, 1.54) is 0 Å². The van der Waals surface area contributed by atoms with Gasteiger partial charge in [-0.25, -0.2) is 0 Å². The SMILES string of the molecule is CCOC(=O)C[C@H](N)Cc1cccc(Br)c1. The first-order chi connectivity index (χ1) is 7.61. The molecule has 1 rings (SSSR count). The predicted octanol–water partition coefficient (Wildman–Crippen LogP) is 2.27. The first-order valence-electron chi connectivity index (χ1n) is 5.27. The Hall–Kier alpha value is -0.870. The van der Waals surface area contributed by atoms with Crippen LogP contribution in [0.5, 0.6) is 0 Å². The minimum absolute atomic E-state index is 0.187. The summed E-state index contributed by atoms with van der Waals surface area (Å²) in [5.74, 6) is -0.231. The summed E-state index contributed by atoms with van der Waals surface area (Å²) in [5.41, 5.74) is 6.99. The minimum atomic E-state index is -0.231. The van der Waals surface area contributed by atoms with Gasteiger partial charge in [-0.15, -0.1) is 0 Å². The molecule has 2 N–H and O–H groups in total. The maximum absolute atomic E-state index is 11.2. The van der Waals surface area contributed by atoms with Crippen molar-refractivity contribution in [2.24, 2.45) is 5.73 Å². The highest BCUT2D eigenvalue weighted by Gasteiger charge is 2.10. The highest BCUT2D eigenvalue weighted by molar-refractivity contribution is 9.10. The maximum atomic E-state index is 11.2. The molecule has 0 aliphatic heterocycles. The minimum Gasteiger partial charge on any atom is -0.466 e. The monoisotopic (exact) mass is 285 g/mol. The molecular formula is C12H16BrNO2. The van der Waals surface area contributed by atoms with Crippen molar-refractivity contribution in [1.82, 2.24) is 0 Å². The summed E-state index contributed by atoms with van der Waals surface area (Å²) < 4.78 is 5.87. The zero-order chi connectivity index (χ0) is 12.0. The average molecular weight is 286 g/mol. The van der Waals surface area contributed by atoms with E-state index in [4.69, 9.17) is 10.5 Å². The number of hydrogen-bond acceptors (Lipinski definition) is 3. The van der Waals surface area contributed by atoms with Gasteiger partial charge >= 0.3 is 5.97 Å². The van der Waals surface area contributed by atoms with Crippen LogP contribution in [0.4, 0.5) is 0 Å². The molecule has 3 nitrogen and oxygen atoms in total. The van der Waals surface area contributed by atoms with Gasteiger partial charge in [0.05, 0.1) is 13.0 Å². The van der Waals surface area contributed by atoms with Crippen molar-refractivity contribution in [3.05, 3.63) is 34.3 Å². The van der Waals surface area contributed by atoms with Crippen LogP contribution in [0.3, 0.4) is 0 Å². The van der Waals surface area contributed by atoms with Crippen molar-refractivity contribution in [2.75, 3.05) is 6.61 Å². The molecule has 0 saturated heterocycles. The Labute approximate surface area is 104 Å². The lowest BCUT2D eigenvalue weighted by molar-refractivity contribution is -0.143. The summed E-state index contributed by atoms with van der Waals surface area (Å²) in [6.45, 7) is 2.19. The lowest BCUT2D eigenvalue weighted by Crippen LogP contribution is -2.27. The molecule has 0 saturated carbocycles. The van der Waals surface area contributed by atoms with E-state index in [1.54, 1.807) is 6.92 Å². The van der Waals surface area contributed by atoms with Crippen molar-refractivity contribution in [1.29, 1.82) is 0 Å². The first kappa shape index (κ1) is 13.2. The van der Waals surface area contributed by atoms with Gasteiger partial charge in [-0.3, -0.25) is 4.79 Å². The van der Waals surface area contributed by atoms with Crippen LogP contribution in [0.2, 0.25) is 0 Å². The molecule has 4 heteroatoms. The van der Waals surface area contributed by atoms with Gasteiger partial charge in [-0.1, -0.05) is 28.1 Å². The largest absolute Gasteiger partial charge is 0.466 e. The van der Waals surface area contributed by atoms with E-state index in [1.807, 2.05) is 24.3 Å². The summed E-state index contributed by atoms with van der Waals surface area (Å²) in [4.78, 5) is 11.2. The van der Waals surface area contributed by atoms with Crippen LogP contribution in [-0.4, -0.2) is 18.6 Å². The first-order valence-corrected chi connectivity index (χ1v) is 6.06. The fourth-order valence-electron chi connectivity index (χ4n) is 1.47. The van der Waals surface area contributed by atoms with Gasteiger partial charge in [0.2, 0.25) is 0 Å². The lowest BCUT2D eigenvalue weighted by Gasteiger charge is -2.10. The molecule has 88 valence electrons. The van der Waals surface area contributed by atoms with Crippen molar-refractivity contribution in [3.63, 3.8) is 0 Å². The van der Waals surface area contributed by atoms with Crippen LogP contribution in [0.15, 0.2) is 28.7 Å². The molecule has 1 aromatic carbocycles. The lowest BCUT2D eigenvalue weighted by atomic mass is 10.0. The second kappa shape index (κ2) is 6.66. The molecule has 0 spiro atoms. The van der Waals surface area contributed by atoms with E-state index >= 15 is 0 Å². The Kier molecular flexibility index (Phi) is 5.49. The van der Waals surface area contributed by atoms with Crippen LogP contribution < -0.4 is 5.73 Å². The normalized spacial score (nSPS) is 12.2. The topological polar surface area (TPSA) is 52.3 Å². The molecule has 0 bridgehead atoms. The Morgan fingerprint density at radius 2 is 2.31 bits per heavy atom. The zero-order valence-electron chi connectivity index (χ0n) is 9.28. The number of benzene rings is 1. The zero-order valence-corrected chi connectivity index (χ0v) is 10.9. The van der Waals surface area contributed by atoms with Crippen LogP contribution in [0.25, 0.3) is 0 Å². The smallest absolute Gasteiger partial charge is 0.307 e. The summed E-state index contributed by atoms with van der Waals surface area (Å²) in [6, 6.07) is 7.73. The highest BCUT2D eigenvalue weighted by atomic mass is 79.9. The fraction of sp³-hybridized carbons (Fsp3) is 0.417. The van der Waals surface area contributed by atoms with Gasteiger partial charge < -0.3 is 10.5 Å². The van der Waals surface area contributed by atoms with Crippen LogP contribution >= 0.6 is 15.9 Å². The van der Waals surface area contributed by atoms with Crippen LogP contribution in [0.1, 0.15) is 18.9 Å². The van der Waals surface area contributed by atoms with Crippen LogP contribution in [-0.2, 0) is 16.0 Å². The van der Waals surface area contributed by atoms with Crippen molar-refractivity contribution in [2.45, 2.75) is 25.8 Å². The molecule has 0 fully saturated rings. The maximum Gasteiger partial charge on any atom is 0.307 e. The van der Waals surface area contributed by atoms with Crippen molar-refractivity contribution >= 4 is 21.9 Å². The summed E-state index contributed by atoms with van der Waals surface area (Å²) in [6.07, 6.45) is 0.943. The highest BCUT2D eigenvalue weighted by Crippen LogP contribution is 2.13. The molecule has 0 radical (unpaired) electrons. The average Bonchev–Trinajstić information content (AvgIpc) is 2.17. The molecule has 0 aromatic heterocycles. The number of carbonyl (C=O) groups excluding carboxylic acids is 1. The van der Waals surface area contributed by atoms with E-state index in [-0.39, 0.29) is 18.4 Å². The van der Waals surface area contributed by atoms with E-state index in [9.17, 15) is 4.79 Å². The van der Waals surface area contributed by atoms with Crippen LogP contribution in [0, 0.1) is 0 Å². The molecule has 0 aliphatic rings. The fourth-order valence-corrected chi connectivity index (χ4v) is 1.92. The quantitative estimate of drug-likeness (QED) is 0.845. The Balaban J connectivity index is 2.45. The molecule has 0 aliphatic carbocycles. The number of hydrogen-bond donors (Lipinski definition) is 1. The number of esters is 1. The third-order valence-electron chi connectivity index (χ3n) is 2.12. The summed E-state index contributed by atoms with van der Waals surface area (Å²) in [5, 5.41) is 0. The molecule has 0 unspecified atom stereocenters. The Morgan fingerprint density at radius 3 is 2.94 bits per heavy atom. The summed E-state index contributed by atoms with van der Waals surface area (Å²) >= 11 is 3.40. The van der Waals surface area contributed by atoms with Gasteiger partial charge in [0, 0.05) is 10.5 Å². The molecule has 1 atom stereocenters. The Morgan fingerprint density at radius 1 is 1.56 bits per heavy atom. The van der Waals surface area contributed by atoms with E-state index in [0.29, 0.717) is 13.0 Å². The Bertz CT molecular complexity index is 355. The van der Waals surface area contributed by atoms with Crippen molar-refractivity contribution < 1.29 is 9.53 Å². The van der Waals surface area contributed by atoms with Crippen molar-refractivity contribution in [3.8, 4) is 0 Å². The molecule has 0 heterocycles. The van der Waals surface area contributed by atoms with Gasteiger partial charge in [0.25, 0.3) is 0 Å². The predicted molar refractivity (Wildman–Crippen MR) is 67.1 cm³/mol. The van der Waals surface area contributed by atoms with E-state index in [0.717, 1.165) is 10.0 Å². The van der Waals surface area contributed by atoms with E-state index < -0.39 is 0 Å². The number of nitrogens with two attached hydrogens (primary N) is 1. The molecule has 1 aromatic rings. The molecule has 0 amide bonds. The second-order valence-electron chi connectivity index (χ2n) is 3.60. The number of ether oxygens (including phenoxy) is 1. The third-order valence-corrected chi connectivity index (χ3v) is 2.61. The third kappa shape index (κ3) is 4.77.